The van der Waals surface area contributed by atoms with Crippen LogP contribution in [0.3, 0.4) is 0 Å². The highest BCUT2D eigenvalue weighted by Gasteiger charge is 2.17. The van der Waals surface area contributed by atoms with Gasteiger partial charge in [0.25, 0.3) is 0 Å². The van der Waals surface area contributed by atoms with Crippen LogP contribution in [0.5, 0.6) is 11.5 Å². The van der Waals surface area contributed by atoms with Crippen LogP contribution in [0.25, 0.3) is 10.9 Å². The van der Waals surface area contributed by atoms with Crippen LogP contribution in [0.4, 0.5) is 0 Å². The van der Waals surface area contributed by atoms with E-state index >= 15 is 0 Å². The number of fused-ring (bicyclic) bond motifs is 1. The van der Waals surface area contributed by atoms with Crippen molar-refractivity contribution in [2.75, 3.05) is 20.8 Å². The molecule has 0 aliphatic carbocycles. The fourth-order valence-corrected chi connectivity index (χ4v) is 3.08. The maximum absolute atomic E-state index is 5.84. The maximum atomic E-state index is 5.84. The number of aryl methyl sites for hydroxylation is 1. The molecular weight excluding hydrogens is 278 g/mol. The van der Waals surface area contributed by atoms with Crippen molar-refractivity contribution in [3.63, 3.8) is 0 Å². The van der Waals surface area contributed by atoms with Crippen molar-refractivity contribution in [2.45, 2.75) is 38.7 Å². The van der Waals surface area contributed by atoms with Crippen LogP contribution in [0.1, 0.15) is 30.5 Å². The van der Waals surface area contributed by atoms with Gasteiger partial charge >= 0.3 is 0 Å². The SMILES string of the molecule is COc1cc(OC)c2nc(CC3CCCCO3)cc(C)c2c1. The van der Waals surface area contributed by atoms with E-state index in [9.17, 15) is 0 Å². The van der Waals surface area contributed by atoms with Crippen LogP contribution in [0.2, 0.25) is 0 Å². The molecule has 0 N–H and O–H groups in total. The first-order valence-electron chi connectivity index (χ1n) is 7.85. The van der Waals surface area contributed by atoms with Crippen LogP contribution in [-0.2, 0) is 11.2 Å². The second-order valence-electron chi connectivity index (χ2n) is 5.85. The van der Waals surface area contributed by atoms with Gasteiger partial charge in [-0.2, -0.15) is 0 Å². The number of aromatic nitrogens is 1. The summed E-state index contributed by atoms with van der Waals surface area (Å²) in [4.78, 5) is 4.82. The molecule has 1 aliphatic rings. The van der Waals surface area contributed by atoms with Crippen molar-refractivity contribution >= 4 is 10.9 Å². The fraction of sp³-hybridized carbons (Fsp3) is 0.500. The summed E-state index contributed by atoms with van der Waals surface area (Å²) in [6, 6.07) is 6.05. The molecule has 1 fully saturated rings. The lowest BCUT2D eigenvalue weighted by Crippen LogP contribution is -2.21. The highest BCUT2D eigenvalue weighted by molar-refractivity contribution is 5.89. The lowest BCUT2D eigenvalue weighted by Gasteiger charge is -2.22. The van der Waals surface area contributed by atoms with E-state index in [1.807, 2.05) is 12.1 Å². The van der Waals surface area contributed by atoms with E-state index in [0.717, 1.165) is 47.5 Å². The largest absolute Gasteiger partial charge is 0.497 e. The normalized spacial score (nSPS) is 18.4. The number of rotatable bonds is 4. The summed E-state index contributed by atoms with van der Waals surface area (Å²) in [5, 5.41) is 1.07. The number of pyridine rings is 1. The van der Waals surface area contributed by atoms with E-state index in [4.69, 9.17) is 19.2 Å². The molecule has 1 aliphatic heterocycles. The first kappa shape index (κ1) is 15.1. The molecule has 1 atom stereocenters. The summed E-state index contributed by atoms with van der Waals surface area (Å²) >= 11 is 0. The van der Waals surface area contributed by atoms with Crippen LogP contribution in [0.15, 0.2) is 18.2 Å². The van der Waals surface area contributed by atoms with Crippen LogP contribution < -0.4 is 9.47 Å². The molecule has 0 amide bonds. The van der Waals surface area contributed by atoms with Crippen LogP contribution in [-0.4, -0.2) is 31.9 Å². The minimum atomic E-state index is 0.294. The van der Waals surface area contributed by atoms with E-state index in [2.05, 4.69) is 13.0 Å². The number of ether oxygens (including phenoxy) is 3. The Hall–Kier alpha value is -1.81. The Balaban J connectivity index is 1.99. The number of hydrogen-bond acceptors (Lipinski definition) is 4. The zero-order valence-electron chi connectivity index (χ0n) is 13.5. The molecule has 0 saturated carbocycles. The molecule has 1 saturated heterocycles. The number of hydrogen-bond donors (Lipinski definition) is 0. The zero-order valence-corrected chi connectivity index (χ0v) is 13.5. The molecule has 2 aromatic rings. The average molecular weight is 301 g/mol. The molecule has 0 bridgehead atoms. The maximum Gasteiger partial charge on any atom is 0.148 e. The van der Waals surface area contributed by atoms with E-state index in [1.54, 1.807) is 14.2 Å². The lowest BCUT2D eigenvalue weighted by molar-refractivity contribution is 0.0163. The summed E-state index contributed by atoms with van der Waals surface area (Å²) in [5.74, 6) is 1.54. The van der Waals surface area contributed by atoms with Gasteiger partial charge in [-0.1, -0.05) is 0 Å². The van der Waals surface area contributed by atoms with Crippen molar-refractivity contribution in [1.29, 1.82) is 0 Å². The van der Waals surface area contributed by atoms with Gasteiger partial charge in [-0.3, -0.25) is 0 Å². The van der Waals surface area contributed by atoms with Gasteiger partial charge in [0, 0.05) is 30.2 Å². The molecule has 1 unspecified atom stereocenters. The van der Waals surface area contributed by atoms with E-state index in [0.29, 0.717) is 6.10 Å². The molecule has 2 heterocycles. The number of nitrogens with zero attached hydrogens (tertiary/aromatic N) is 1. The minimum Gasteiger partial charge on any atom is -0.497 e. The topological polar surface area (TPSA) is 40.6 Å². The van der Waals surface area contributed by atoms with Crippen LogP contribution in [0, 0.1) is 6.92 Å². The monoisotopic (exact) mass is 301 g/mol. The quantitative estimate of drug-likeness (QED) is 0.864. The molecule has 22 heavy (non-hydrogen) atoms. The van der Waals surface area contributed by atoms with E-state index < -0.39 is 0 Å². The van der Waals surface area contributed by atoms with Gasteiger partial charge in [0.1, 0.15) is 17.0 Å². The Morgan fingerprint density at radius 1 is 1.18 bits per heavy atom. The van der Waals surface area contributed by atoms with Gasteiger partial charge in [0.15, 0.2) is 0 Å². The average Bonchev–Trinajstić information content (AvgIpc) is 2.55. The fourth-order valence-electron chi connectivity index (χ4n) is 3.08. The van der Waals surface area contributed by atoms with Gasteiger partial charge < -0.3 is 14.2 Å². The minimum absolute atomic E-state index is 0.294. The third-order valence-corrected chi connectivity index (χ3v) is 4.28. The van der Waals surface area contributed by atoms with E-state index in [1.165, 1.54) is 18.4 Å². The van der Waals surface area contributed by atoms with Crippen molar-refractivity contribution in [3.8, 4) is 11.5 Å². The predicted octanol–water partition coefficient (Wildman–Crippen LogP) is 3.67. The Morgan fingerprint density at radius 3 is 2.73 bits per heavy atom. The van der Waals surface area contributed by atoms with Crippen molar-refractivity contribution in [1.82, 2.24) is 4.98 Å². The van der Waals surface area contributed by atoms with Crippen LogP contribution >= 0.6 is 0 Å². The van der Waals surface area contributed by atoms with Gasteiger partial charge in [0.05, 0.1) is 20.3 Å². The van der Waals surface area contributed by atoms with E-state index in [-0.39, 0.29) is 0 Å². The third-order valence-electron chi connectivity index (χ3n) is 4.28. The molecule has 4 nitrogen and oxygen atoms in total. The van der Waals surface area contributed by atoms with Gasteiger partial charge in [-0.05, 0) is 43.9 Å². The summed E-state index contributed by atoms with van der Waals surface area (Å²) in [6.45, 7) is 2.98. The van der Waals surface area contributed by atoms with Gasteiger partial charge in [-0.15, -0.1) is 0 Å². The van der Waals surface area contributed by atoms with Crippen molar-refractivity contribution < 1.29 is 14.2 Å². The summed E-state index contributed by atoms with van der Waals surface area (Å²) in [7, 11) is 3.33. The first-order valence-corrected chi connectivity index (χ1v) is 7.85. The predicted molar refractivity (Wildman–Crippen MR) is 86.9 cm³/mol. The molecule has 1 aromatic heterocycles. The highest BCUT2D eigenvalue weighted by Crippen LogP contribution is 2.32. The zero-order chi connectivity index (χ0) is 15.5. The second kappa shape index (κ2) is 6.53. The molecule has 0 spiro atoms. The molecule has 118 valence electrons. The Kier molecular flexibility index (Phi) is 4.48. The first-order chi connectivity index (χ1) is 10.7. The molecule has 1 aromatic carbocycles. The third kappa shape index (κ3) is 3.02. The standard InChI is InChI=1S/C18H23NO3/c1-12-8-13(9-14-6-4-5-7-22-14)19-18-16(12)10-15(20-2)11-17(18)21-3/h8,10-11,14H,4-7,9H2,1-3H3. The number of benzene rings is 1. The Labute approximate surface area is 131 Å². The van der Waals surface area contributed by atoms with Gasteiger partial charge in [0.2, 0.25) is 0 Å². The number of methoxy groups -OCH3 is 2. The highest BCUT2D eigenvalue weighted by atomic mass is 16.5. The summed E-state index contributed by atoms with van der Waals surface area (Å²) in [6.07, 6.45) is 4.71. The molecule has 4 heteroatoms. The molecular formula is C18H23NO3. The van der Waals surface area contributed by atoms with Crippen molar-refractivity contribution in [2.24, 2.45) is 0 Å². The second-order valence-corrected chi connectivity index (χ2v) is 5.85. The molecule has 3 rings (SSSR count). The Morgan fingerprint density at radius 2 is 2.05 bits per heavy atom. The summed E-state index contributed by atoms with van der Waals surface area (Å²) < 4.78 is 16.7. The Bertz CT molecular complexity index is 663. The molecule has 0 radical (unpaired) electrons. The van der Waals surface area contributed by atoms with Gasteiger partial charge in [-0.25, -0.2) is 4.98 Å². The smallest absolute Gasteiger partial charge is 0.148 e. The van der Waals surface area contributed by atoms with Crippen molar-refractivity contribution in [3.05, 3.63) is 29.5 Å². The summed E-state index contributed by atoms with van der Waals surface area (Å²) in [5.41, 5.74) is 3.16. The lowest BCUT2D eigenvalue weighted by atomic mass is 10.0.